The van der Waals surface area contributed by atoms with E-state index in [-0.39, 0.29) is 5.82 Å². The molecule has 1 rings (SSSR count). The molecule has 1 aromatic rings. The SMILES string of the molecule is CCCCC(CC)COc1c(F)cccc1CNCC. The Morgan fingerprint density at radius 3 is 2.70 bits per heavy atom. The zero-order valence-electron chi connectivity index (χ0n) is 13.0. The molecular formula is C17H28FNO. The van der Waals surface area contributed by atoms with Crippen LogP contribution < -0.4 is 10.1 Å². The maximum absolute atomic E-state index is 13.9. The second kappa shape index (κ2) is 9.76. The van der Waals surface area contributed by atoms with Crippen molar-refractivity contribution in [3.8, 4) is 5.75 Å². The van der Waals surface area contributed by atoms with E-state index in [4.69, 9.17) is 4.74 Å². The first-order valence-corrected chi connectivity index (χ1v) is 7.83. The zero-order chi connectivity index (χ0) is 14.8. The minimum absolute atomic E-state index is 0.259. The first kappa shape index (κ1) is 17.0. The van der Waals surface area contributed by atoms with E-state index in [2.05, 4.69) is 19.2 Å². The number of hydrogen-bond acceptors (Lipinski definition) is 2. The van der Waals surface area contributed by atoms with Crippen LogP contribution >= 0.6 is 0 Å². The maximum atomic E-state index is 13.9. The van der Waals surface area contributed by atoms with Crippen LogP contribution in [0, 0.1) is 11.7 Å². The van der Waals surface area contributed by atoms with Crippen molar-refractivity contribution >= 4 is 0 Å². The molecule has 0 spiro atoms. The summed E-state index contributed by atoms with van der Waals surface area (Å²) >= 11 is 0. The van der Waals surface area contributed by atoms with Gasteiger partial charge in [0.25, 0.3) is 0 Å². The molecule has 0 aliphatic heterocycles. The Hall–Kier alpha value is -1.09. The molecule has 114 valence electrons. The lowest BCUT2D eigenvalue weighted by atomic mass is 10.0. The van der Waals surface area contributed by atoms with Crippen molar-refractivity contribution in [1.29, 1.82) is 0 Å². The normalized spacial score (nSPS) is 12.4. The summed E-state index contributed by atoms with van der Waals surface area (Å²) in [5.41, 5.74) is 0.900. The highest BCUT2D eigenvalue weighted by Gasteiger charge is 2.12. The van der Waals surface area contributed by atoms with Crippen LogP contribution in [0.3, 0.4) is 0 Å². The van der Waals surface area contributed by atoms with Crippen molar-refractivity contribution in [2.45, 2.75) is 53.0 Å². The van der Waals surface area contributed by atoms with E-state index in [0.29, 0.717) is 24.8 Å². The standard InChI is InChI=1S/C17H28FNO/c1-4-7-9-14(5-2)13-20-17-15(12-19-6-3)10-8-11-16(17)18/h8,10-11,14,19H,4-7,9,12-13H2,1-3H3. The number of unbranched alkanes of at least 4 members (excludes halogenated alkanes) is 1. The van der Waals surface area contributed by atoms with E-state index in [0.717, 1.165) is 24.9 Å². The van der Waals surface area contributed by atoms with Crippen molar-refractivity contribution in [3.63, 3.8) is 0 Å². The number of ether oxygens (including phenoxy) is 1. The van der Waals surface area contributed by atoms with Crippen LogP contribution in [0.2, 0.25) is 0 Å². The molecule has 0 saturated carbocycles. The van der Waals surface area contributed by atoms with Gasteiger partial charge in [-0.3, -0.25) is 0 Å². The van der Waals surface area contributed by atoms with Gasteiger partial charge in [-0.2, -0.15) is 0 Å². The molecule has 0 aromatic heterocycles. The summed E-state index contributed by atoms with van der Waals surface area (Å²) in [4.78, 5) is 0. The van der Waals surface area contributed by atoms with Crippen molar-refractivity contribution in [2.75, 3.05) is 13.2 Å². The molecular weight excluding hydrogens is 253 g/mol. The Morgan fingerprint density at radius 1 is 1.25 bits per heavy atom. The fourth-order valence-electron chi connectivity index (χ4n) is 2.21. The predicted molar refractivity (Wildman–Crippen MR) is 82.6 cm³/mol. The molecule has 3 heteroatoms. The van der Waals surface area contributed by atoms with E-state index in [1.807, 2.05) is 13.0 Å². The van der Waals surface area contributed by atoms with Crippen molar-refractivity contribution in [3.05, 3.63) is 29.6 Å². The van der Waals surface area contributed by atoms with Gasteiger partial charge in [0.05, 0.1) is 6.61 Å². The number of nitrogens with one attached hydrogen (secondary N) is 1. The van der Waals surface area contributed by atoms with Crippen LogP contribution in [-0.2, 0) is 6.54 Å². The van der Waals surface area contributed by atoms with E-state index in [1.54, 1.807) is 6.07 Å². The Kier molecular flexibility index (Phi) is 8.28. The van der Waals surface area contributed by atoms with Gasteiger partial charge in [0.2, 0.25) is 0 Å². The van der Waals surface area contributed by atoms with Crippen molar-refractivity contribution < 1.29 is 9.13 Å². The van der Waals surface area contributed by atoms with E-state index in [9.17, 15) is 4.39 Å². The Morgan fingerprint density at radius 2 is 2.05 bits per heavy atom. The Bertz CT molecular complexity index is 381. The molecule has 1 unspecified atom stereocenters. The summed E-state index contributed by atoms with van der Waals surface area (Å²) in [5.74, 6) is 0.677. The first-order valence-electron chi connectivity index (χ1n) is 7.83. The first-order chi connectivity index (χ1) is 9.72. The quantitative estimate of drug-likeness (QED) is 0.680. The van der Waals surface area contributed by atoms with E-state index < -0.39 is 0 Å². The highest BCUT2D eigenvalue weighted by molar-refractivity contribution is 5.34. The molecule has 0 amide bonds. The average Bonchev–Trinajstić information content (AvgIpc) is 2.47. The summed E-state index contributed by atoms with van der Waals surface area (Å²) in [6.45, 7) is 8.52. The zero-order valence-corrected chi connectivity index (χ0v) is 13.0. The molecule has 0 aliphatic rings. The van der Waals surface area contributed by atoms with Crippen LogP contribution in [0.5, 0.6) is 5.75 Å². The second-order valence-corrected chi connectivity index (χ2v) is 5.24. The minimum Gasteiger partial charge on any atom is -0.490 e. The monoisotopic (exact) mass is 281 g/mol. The molecule has 0 saturated heterocycles. The highest BCUT2D eigenvalue weighted by Crippen LogP contribution is 2.24. The Balaban J connectivity index is 2.64. The fraction of sp³-hybridized carbons (Fsp3) is 0.647. The van der Waals surface area contributed by atoms with Gasteiger partial charge in [-0.05, 0) is 24.9 Å². The van der Waals surface area contributed by atoms with Gasteiger partial charge in [0.15, 0.2) is 11.6 Å². The average molecular weight is 281 g/mol. The molecule has 1 aromatic carbocycles. The molecule has 1 atom stereocenters. The summed E-state index contributed by atoms with van der Waals surface area (Å²) in [6.07, 6.45) is 4.65. The van der Waals surface area contributed by atoms with Gasteiger partial charge < -0.3 is 10.1 Å². The summed E-state index contributed by atoms with van der Waals surface area (Å²) in [7, 11) is 0. The fourth-order valence-corrected chi connectivity index (χ4v) is 2.21. The third-order valence-corrected chi connectivity index (χ3v) is 3.62. The summed E-state index contributed by atoms with van der Waals surface area (Å²) < 4.78 is 19.7. The highest BCUT2D eigenvalue weighted by atomic mass is 19.1. The van der Waals surface area contributed by atoms with Crippen LogP contribution in [0.25, 0.3) is 0 Å². The minimum atomic E-state index is -0.259. The molecule has 20 heavy (non-hydrogen) atoms. The molecule has 0 fully saturated rings. The second-order valence-electron chi connectivity index (χ2n) is 5.24. The number of para-hydroxylation sites is 1. The number of hydrogen-bond donors (Lipinski definition) is 1. The summed E-state index contributed by atoms with van der Waals surface area (Å²) in [5, 5.41) is 3.22. The topological polar surface area (TPSA) is 21.3 Å². The van der Waals surface area contributed by atoms with E-state index in [1.165, 1.54) is 18.9 Å². The maximum Gasteiger partial charge on any atom is 0.165 e. The number of rotatable bonds is 10. The lowest BCUT2D eigenvalue weighted by molar-refractivity contribution is 0.222. The molecule has 0 heterocycles. The third-order valence-electron chi connectivity index (χ3n) is 3.62. The molecule has 0 aliphatic carbocycles. The predicted octanol–water partition coefficient (Wildman–Crippen LogP) is 4.53. The summed E-state index contributed by atoms with van der Waals surface area (Å²) in [6, 6.07) is 5.13. The van der Waals surface area contributed by atoms with Crippen LogP contribution in [0.4, 0.5) is 4.39 Å². The number of benzene rings is 1. The third kappa shape index (κ3) is 5.49. The molecule has 1 N–H and O–H groups in total. The largest absolute Gasteiger partial charge is 0.490 e. The van der Waals surface area contributed by atoms with Gasteiger partial charge in [0, 0.05) is 12.1 Å². The van der Waals surface area contributed by atoms with Gasteiger partial charge in [0.1, 0.15) is 0 Å². The van der Waals surface area contributed by atoms with Crippen LogP contribution in [0.15, 0.2) is 18.2 Å². The number of halogens is 1. The van der Waals surface area contributed by atoms with Crippen molar-refractivity contribution in [1.82, 2.24) is 5.32 Å². The van der Waals surface area contributed by atoms with Crippen LogP contribution in [-0.4, -0.2) is 13.2 Å². The van der Waals surface area contributed by atoms with Gasteiger partial charge in [-0.25, -0.2) is 4.39 Å². The smallest absolute Gasteiger partial charge is 0.165 e. The Labute approximate surface area is 122 Å². The molecule has 0 bridgehead atoms. The van der Waals surface area contributed by atoms with E-state index >= 15 is 0 Å². The lowest BCUT2D eigenvalue weighted by Crippen LogP contribution is -2.16. The van der Waals surface area contributed by atoms with Crippen molar-refractivity contribution in [2.24, 2.45) is 5.92 Å². The van der Waals surface area contributed by atoms with Gasteiger partial charge >= 0.3 is 0 Å². The molecule has 0 radical (unpaired) electrons. The lowest BCUT2D eigenvalue weighted by Gasteiger charge is -2.18. The van der Waals surface area contributed by atoms with Gasteiger partial charge in [-0.1, -0.05) is 52.2 Å². The van der Waals surface area contributed by atoms with Gasteiger partial charge in [-0.15, -0.1) is 0 Å². The van der Waals surface area contributed by atoms with Crippen LogP contribution in [0.1, 0.15) is 52.0 Å². The molecule has 2 nitrogen and oxygen atoms in total.